The second-order valence-electron chi connectivity index (χ2n) is 4.29. The zero-order chi connectivity index (χ0) is 13.6. The Kier molecular flexibility index (Phi) is 2.68. The van der Waals surface area contributed by atoms with Gasteiger partial charge in [0.15, 0.2) is 0 Å². The standard InChI is InChI=1S/C14H10ClFN2O/c1-18-13-6-8(16)2-5-12(13)17-14(18)10-7-9(19)3-4-11(10)15/h2-7,19H,1H3. The van der Waals surface area contributed by atoms with Gasteiger partial charge in [-0.1, -0.05) is 11.6 Å². The Bertz CT molecular complexity index is 782. The first-order chi connectivity index (χ1) is 9.06. The van der Waals surface area contributed by atoms with Gasteiger partial charge in [-0.25, -0.2) is 9.37 Å². The molecule has 0 aliphatic carbocycles. The number of benzene rings is 2. The Hall–Kier alpha value is -2.07. The molecule has 0 amide bonds. The first kappa shape index (κ1) is 12.0. The Morgan fingerprint density at radius 2 is 2.00 bits per heavy atom. The predicted molar refractivity (Wildman–Crippen MR) is 72.8 cm³/mol. The molecule has 96 valence electrons. The van der Waals surface area contributed by atoms with Gasteiger partial charge in [0.25, 0.3) is 0 Å². The third kappa shape index (κ3) is 1.94. The molecule has 3 rings (SSSR count). The van der Waals surface area contributed by atoms with E-state index in [-0.39, 0.29) is 11.6 Å². The maximum Gasteiger partial charge on any atom is 0.142 e. The molecule has 1 aromatic heterocycles. The molecule has 3 aromatic rings. The van der Waals surface area contributed by atoms with E-state index < -0.39 is 0 Å². The van der Waals surface area contributed by atoms with Crippen molar-refractivity contribution in [2.45, 2.75) is 0 Å². The molecular weight excluding hydrogens is 267 g/mol. The van der Waals surface area contributed by atoms with Crippen molar-refractivity contribution < 1.29 is 9.50 Å². The minimum atomic E-state index is -0.316. The van der Waals surface area contributed by atoms with E-state index in [0.29, 0.717) is 27.4 Å². The molecule has 0 radical (unpaired) electrons. The van der Waals surface area contributed by atoms with Crippen molar-refractivity contribution in [3.8, 4) is 17.1 Å². The zero-order valence-corrected chi connectivity index (χ0v) is 10.8. The van der Waals surface area contributed by atoms with Crippen LogP contribution >= 0.6 is 11.6 Å². The van der Waals surface area contributed by atoms with Crippen LogP contribution in [0.2, 0.25) is 5.02 Å². The topological polar surface area (TPSA) is 38.0 Å². The smallest absolute Gasteiger partial charge is 0.142 e. The van der Waals surface area contributed by atoms with Crippen molar-refractivity contribution in [3.63, 3.8) is 0 Å². The van der Waals surface area contributed by atoms with Crippen molar-refractivity contribution in [1.29, 1.82) is 0 Å². The fourth-order valence-corrected chi connectivity index (χ4v) is 2.29. The van der Waals surface area contributed by atoms with Gasteiger partial charge in [-0.3, -0.25) is 0 Å². The van der Waals surface area contributed by atoms with Crippen LogP contribution in [-0.4, -0.2) is 14.7 Å². The van der Waals surface area contributed by atoms with Gasteiger partial charge in [0.1, 0.15) is 17.4 Å². The van der Waals surface area contributed by atoms with Crippen LogP contribution in [0.15, 0.2) is 36.4 Å². The van der Waals surface area contributed by atoms with Gasteiger partial charge < -0.3 is 9.67 Å². The summed E-state index contributed by atoms with van der Waals surface area (Å²) in [6, 6.07) is 9.05. The van der Waals surface area contributed by atoms with Crippen LogP contribution in [0, 0.1) is 5.82 Å². The number of halogens is 2. The van der Waals surface area contributed by atoms with Gasteiger partial charge in [-0.05, 0) is 36.4 Å². The lowest BCUT2D eigenvalue weighted by molar-refractivity contribution is 0.475. The van der Waals surface area contributed by atoms with Gasteiger partial charge in [-0.15, -0.1) is 0 Å². The lowest BCUT2D eigenvalue weighted by Gasteiger charge is -2.05. The molecule has 0 saturated heterocycles. The monoisotopic (exact) mass is 276 g/mol. The molecule has 1 heterocycles. The van der Waals surface area contributed by atoms with Gasteiger partial charge in [0, 0.05) is 12.6 Å². The van der Waals surface area contributed by atoms with E-state index in [1.165, 1.54) is 18.2 Å². The summed E-state index contributed by atoms with van der Waals surface area (Å²) in [5.41, 5.74) is 1.97. The molecule has 2 aromatic carbocycles. The molecule has 0 saturated carbocycles. The lowest BCUT2D eigenvalue weighted by Crippen LogP contribution is -1.93. The van der Waals surface area contributed by atoms with Gasteiger partial charge in [0.05, 0.1) is 16.1 Å². The second kappa shape index (κ2) is 4.24. The van der Waals surface area contributed by atoms with Gasteiger partial charge in [-0.2, -0.15) is 0 Å². The van der Waals surface area contributed by atoms with Crippen LogP contribution in [0.25, 0.3) is 22.4 Å². The number of aromatic hydroxyl groups is 1. The number of nitrogens with zero attached hydrogens (tertiary/aromatic N) is 2. The molecule has 5 heteroatoms. The predicted octanol–water partition coefficient (Wildman–Crippen LogP) is 3.74. The Balaban J connectivity index is 2.31. The third-order valence-electron chi connectivity index (χ3n) is 3.03. The Morgan fingerprint density at radius 1 is 1.21 bits per heavy atom. The average Bonchev–Trinajstić information content (AvgIpc) is 2.70. The molecule has 0 aliphatic heterocycles. The summed E-state index contributed by atoms with van der Waals surface area (Å²) in [6.45, 7) is 0. The third-order valence-corrected chi connectivity index (χ3v) is 3.36. The van der Waals surface area contributed by atoms with Gasteiger partial charge in [0.2, 0.25) is 0 Å². The minimum Gasteiger partial charge on any atom is -0.508 e. The summed E-state index contributed by atoms with van der Waals surface area (Å²) in [4.78, 5) is 4.43. The molecule has 0 aliphatic rings. The number of rotatable bonds is 1. The van der Waals surface area contributed by atoms with E-state index in [9.17, 15) is 9.50 Å². The normalized spacial score (nSPS) is 11.1. The highest BCUT2D eigenvalue weighted by atomic mass is 35.5. The van der Waals surface area contributed by atoms with Crippen molar-refractivity contribution in [3.05, 3.63) is 47.2 Å². The summed E-state index contributed by atoms with van der Waals surface area (Å²) >= 11 is 6.12. The van der Waals surface area contributed by atoms with Crippen LogP contribution in [0.3, 0.4) is 0 Å². The van der Waals surface area contributed by atoms with E-state index in [4.69, 9.17) is 11.6 Å². The number of aromatic nitrogens is 2. The average molecular weight is 277 g/mol. The molecule has 0 atom stereocenters. The van der Waals surface area contributed by atoms with Gasteiger partial charge >= 0.3 is 0 Å². The van der Waals surface area contributed by atoms with Crippen molar-refractivity contribution in [2.75, 3.05) is 0 Å². The number of phenolic OH excluding ortho intramolecular Hbond substituents is 1. The minimum absolute atomic E-state index is 0.109. The van der Waals surface area contributed by atoms with E-state index in [0.717, 1.165) is 0 Å². The molecule has 3 nitrogen and oxygen atoms in total. The second-order valence-corrected chi connectivity index (χ2v) is 4.70. The van der Waals surface area contributed by atoms with Crippen molar-refractivity contribution in [2.24, 2.45) is 7.05 Å². The zero-order valence-electron chi connectivity index (χ0n) is 10.1. The van der Waals surface area contributed by atoms with E-state index in [2.05, 4.69) is 4.98 Å². The summed E-state index contributed by atoms with van der Waals surface area (Å²) in [5.74, 6) is 0.378. The fourth-order valence-electron chi connectivity index (χ4n) is 2.09. The van der Waals surface area contributed by atoms with Crippen LogP contribution in [-0.2, 0) is 7.05 Å². The maximum absolute atomic E-state index is 13.3. The Labute approximate surface area is 113 Å². The highest BCUT2D eigenvalue weighted by Gasteiger charge is 2.13. The molecular formula is C14H10ClFN2O. The summed E-state index contributed by atoms with van der Waals surface area (Å²) < 4.78 is 15.0. The van der Waals surface area contributed by atoms with Crippen LogP contribution in [0.5, 0.6) is 5.75 Å². The molecule has 0 spiro atoms. The number of fused-ring (bicyclic) bond motifs is 1. The number of aryl methyl sites for hydroxylation is 1. The highest BCUT2D eigenvalue weighted by Crippen LogP contribution is 2.32. The highest BCUT2D eigenvalue weighted by molar-refractivity contribution is 6.33. The summed E-state index contributed by atoms with van der Waals surface area (Å²) in [7, 11) is 1.78. The lowest BCUT2D eigenvalue weighted by atomic mass is 10.2. The van der Waals surface area contributed by atoms with Crippen LogP contribution < -0.4 is 0 Å². The molecule has 0 bridgehead atoms. The first-order valence-electron chi connectivity index (χ1n) is 5.67. The van der Waals surface area contributed by atoms with E-state index >= 15 is 0 Å². The number of imidazole rings is 1. The number of phenols is 1. The van der Waals surface area contributed by atoms with Crippen molar-refractivity contribution in [1.82, 2.24) is 9.55 Å². The summed E-state index contributed by atoms with van der Waals surface area (Å²) in [5, 5.41) is 10.0. The molecule has 0 fully saturated rings. The van der Waals surface area contributed by atoms with Crippen molar-refractivity contribution >= 4 is 22.6 Å². The largest absolute Gasteiger partial charge is 0.508 e. The molecule has 1 N–H and O–H groups in total. The quantitative estimate of drug-likeness (QED) is 0.735. The number of hydrogen-bond acceptors (Lipinski definition) is 2. The number of hydrogen-bond donors (Lipinski definition) is 1. The SMILES string of the molecule is Cn1c(-c2cc(O)ccc2Cl)nc2ccc(F)cc21. The molecule has 19 heavy (non-hydrogen) atoms. The van der Waals surface area contributed by atoms with Crippen LogP contribution in [0.1, 0.15) is 0 Å². The van der Waals surface area contributed by atoms with E-state index in [1.54, 1.807) is 29.8 Å². The molecule has 0 unspecified atom stereocenters. The first-order valence-corrected chi connectivity index (χ1v) is 6.05. The summed E-state index contributed by atoms with van der Waals surface area (Å²) in [6.07, 6.45) is 0. The van der Waals surface area contributed by atoms with E-state index in [1.807, 2.05) is 0 Å². The Morgan fingerprint density at radius 3 is 2.79 bits per heavy atom. The maximum atomic E-state index is 13.3. The fraction of sp³-hybridized carbons (Fsp3) is 0.0714. The van der Waals surface area contributed by atoms with Crippen LogP contribution in [0.4, 0.5) is 4.39 Å².